The number of rotatable bonds is 4. The van der Waals surface area contributed by atoms with Gasteiger partial charge < -0.3 is 14.8 Å². The zero-order chi connectivity index (χ0) is 12.1. The van der Waals surface area contributed by atoms with E-state index in [-0.39, 0.29) is 0 Å². The summed E-state index contributed by atoms with van der Waals surface area (Å²) in [5.74, 6) is 2.38. The third kappa shape index (κ3) is 3.13. The molecule has 0 aromatic heterocycles. The van der Waals surface area contributed by atoms with E-state index in [9.17, 15) is 0 Å². The van der Waals surface area contributed by atoms with Crippen LogP contribution in [0.2, 0.25) is 0 Å². The summed E-state index contributed by atoms with van der Waals surface area (Å²) in [5, 5.41) is 3.45. The van der Waals surface area contributed by atoms with Crippen molar-refractivity contribution in [2.45, 2.75) is 19.3 Å². The van der Waals surface area contributed by atoms with Gasteiger partial charge in [0.1, 0.15) is 0 Å². The molecule has 1 heterocycles. The standard InChI is InChI=1S/C14H21NO2/c1-16-13-6-5-11(9-14(13)17-2)8-12-4-3-7-15-10-12/h5-6,9,12,15H,3-4,7-8,10H2,1-2H3. The summed E-state index contributed by atoms with van der Waals surface area (Å²) in [4.78, 5) is 0. The predicted molar refractivity (Wildman–Crippen MR) is 68.8 cm³/mol. The van der Waals surface area contributed by atoms with Gasteiger partial charge in [0.05, 0.1) is 14.2 Å². The molecule has 3 nitrogen and oxygen atoms in total. The Balaban J connectivity index is 2.05. The Morgan fingerprint density at radius 1 is 1.24 bits per heavy atom. The maximum atomic E-state index is 5.33. The normalized spacial score (nSPS) is 20.0. The van der Waals surface area contributed by atoms with E-state index in [1.165, 1.54) is 24.9 Å². The molecule has 17 heavy (non-hydrogen) atoms. The Morgan fingerprint density at radius 3 is 2.71 bits per heavy atom. The number of hydrogen-bond acceptors (Lipinski definition) is 3. The zero-order valence-electron chi connectivity index (χ0n) is 10.7. The third-order valence-electron chi connectivity index (χ3n) is 3.37. The van der Waals surface area contributed by atoms with Crippen molar-refractivity contribution in [1.82, 2.24) is 5.32 Å². The van der Waals surface area contributed by atoms with E-state index in [4.69, 9.17) is 9.47 Å². The largest absolute Gasteiger partial charge is 0.493 e. The van der Waals surface area contributed by atoms with Crippen LogP contribution in [0.3, 0.4) is 0 Å². The van der Waals surface area contributed by atoms with Crippen molar-refractivity contribution in [2.24, 2.45) is 5.92 Å². The molecule has 1 aliphatic heterocycles. The van der Waals surface area contributed by atoms with Crippen molar-refractivity contribution < 1.29 is 9.47 Å². The quantitative estimate of drug-likeness (QED) is 0.868. The molecule has 0 bridgehead atoms. The van der Waals surface area contributed by atoms with Crippen molar-refractivity contribution in [3.8, 4) is 11.5 Å². The van der Waals surface area contributed by atoms with Crippen LogP contribution in [-0.2, 0) is 6.42 Å². The molecule has 0 amide bonds. The summed E-state index contributed by atoms with van der Waals surface area (Å²) in [6.07, 6.45) is 3.73. The molecule has 1 aromatic rings. The minimum atomic E-state index is 0.752. The minimum absolute atomic E-state index is 0.752. The highest BCUT2D eigenvalue weighted by molar-refractivity contribution is 5.43. The topological polar surface area (TPSA) is 30.5 Å². The fourth-order valence-corrected chi connectivity index (χ4v) is 2.44. The number of nitrogens with one attached hydrogen (secondary N) is 1. The smallest absolute Gasteiger partial charge is 0.160 e. The van der Waals surface area contributed by atoms with Crippen LogP contribution >= 0.6 is 0 Å². The first-order chi connectivity index (χ1) is 8.33. The molecule has 0 spiro atoms. The van der Waals surface area contributed by atoms with Crippen LogP contribution in [0, 0.1) is 5.92 Å². The van der Waals surface area contributed by atoms with Gasteiger partial charge in [-0.2, -0.15) is 0 Å². The fourth-order valence-electron chi connectivity index (χ4n) is 2.44. The van der Waals surface area contributed by atoms with Crippen molar-refractivity contribution in [1.29, 1.82) is 0 Å². The number of hydrogen-bond donors (Lipinski definition) is 1. The average molecular weight is 235 g/mol. The lowest BCUT2D eigenvalue weighted by Gasteiger charge is -2.23. The summed E-state index contributed by atoms with van der Waals surface area (Å²) in [5.41, 5.74) is 1.33. The second kappa shape index (κ2) is 5.92. The molecule has 1 saturated heterocycles. The molecular formula is C14H21NO2. The maximum Gasteiger partial charge on any atom is 0.160 e. The van der Waals surface area contributed by atoms with Gasteiger partial charge in [-0.25, -0.2) is 0 Å². The maximum absolute atomic E-state index is 5.33. The van der Waals surface area contributed by atoms with Crippen molar-refractivity contribution in [2.75, 3.05) is 27.3 Å². The summed E-state index contributed by atoms with van der Waals surface area (Å²) in [7, 11) is 3.35. The van der Waals surface area contributed by atoms with E-state index in [0.29, 0.717) is 0 Å². The summed E-state index contributed by atoms with van der Waals surface area (Å²) in [6, 6.07) is 6.22. The molecule has 94 valence electrons. The van der Waals surface area contributed by atoms with E-state index in [1.54, 1.807) is 14.2 Å². The second-order valence-corrected chi connectivity index (χ2v) is 4.61. The highest BCUT2D eigenvalue weighted by Crippen LogP contribution is 2.29. The molecule has 2 rings (SSSR count). The molecule has 3 heteroatoms. The molecule has 1 atom stereocenters. The third-order valence-corrected chi connectivity index (χ3v) is 3.37. The van der Waals surface area contributed by atoms with Gasteiger partial charge in [0.25, 0.3) is 0 Å². The second-order valence-electron chi connectivity index (χ2n) is 4.61. The van der Waals surface area contributed by atoms with Crippen LogP contribution in [-0.4, -0.2) is 27.3 Å². The lowest BCUT2D eigenvalue weighted by atomic mass is 9.92. The fraction of sp³-hybridized carbons (Fsp3) is 0.571. The molecule has 0 radical (unpaired) electrons. The van der Waals surface area contributed by atoms with E-state index in [2.05, 4.69) is 17.4 Å². The SMILES string of the molecule is COc1ccc(CC2CCCNC2)cc1OC. The van der Waals surface area contributed by atoms with Crippen molar-refractivity contribution in [3.05, 3.63) is 23.8 Å². The Morgan fingerprint density at radius 2 is 2.06 bits per heavy atom. The zero-order valence-corrected chi connectivity index (χ0v) is 10.7. The van der Waals surface area contributed by atoms with Crippen LogP contribution in [0.5, 0.6) is 11.5 Å². The Labute approximate surface area is 103 Å². The van der Waals surface area contributed by atoms with Gasteiger partial charge in [0, 0.05) is 0 Å². The van der Waals surface area contributed by atoms with E-state index >= 15 is 0 Å². The number of piperidine rings is 1. The van der Waals surface area contributed by atoms with E-state index < -0.39 is 0 Å². The van der Waals surface area contributed by atoms with Gasteiger partial charge in [-0.1, -0.05) is 6.07 Å². The summed E-state index contributed by atoms with van der Waals surface area (Å²) >= 11 is 0. The first-order valence-corrected chi connectivity index (χ1v) is 6.25. The molecule has 1 aliphatic rings. The molecule has 0 aliphatic carbocycles. The van der Waals surface area contributed by atoms with Gasteiger partial charge >= 0.3 is 0 Å². The van der Waals surface area contributed by atoms with Crippen LogP contribution in [0.1, 0.15) is 18.4 Å². The van der Waals surface area contributed by atoms with Gasteiger partial charge in [0.15, 0.2) is 11.5 Å². The Hall–Kier alpha value is -1.22. The first kappa shape index (κ1) is 12.2. The predicted octanol–water partition coefficient (Wildman–Crippen LogP) is 2.25. The van der Waals surface area contributed by atoms with E-state index in [0.717, 1.165) is 30.4 Å². The van der Waals surface area contributed by atoms with Crippen molar-refractivity contribution in [3.63, 3.8) is 0 Å². The van der Waals surface area contributed by atoms with Crippen LogP contribution in [0.4, 0.5) is 0 Å². The monoisotopic (exact) mass is 235 g/mol. The molecule has 0 saturated carbocycles. The molecule has 1 fully saturated rings. The average Bonchev–Trinajstić information content (AvgIpc) is 2.40. The van der Waals surface area contributed by atoms with Crippen LogP contribution < -0.4 is 14.8 Å². The summed E-state index contributed by atoms with van der Waals surface area (Å²) in [6.45, 7) is 2.30. The van der Waals surface area contributed by atoms with Gasteiger partial charge in [-0.05, 0) is 56.0 Å². The molecular weight excluding hydrogens is 214 g/mol. The minimum Gasteiger partial charge on any atom is -0.493 e. The Bertz CT molecular complexity index is 359. The number of methoxy groups -OCH3 is 2. The lowest BCUT2D eigenvalue weighted by Crippen LogP contribution is -2.30. The van der Waals surface area contributed by atoms with Crippen LogP contribution in [0.25, 0.3) is 0 Å². The van der Waals surface area contributed by atoms with Gasteiger partial charge in [-0.15, -0.1) is 0 Å². The molecule has 1 N–H and O–H groups in total. The molecule has 1 aromatic carbocycles. The van der Waals surface area contributed by atoms with Crippen molar-refractivity contribution >= 4 is 0 Å². The highest BCUT2D eigenvalue weighted by Gasteiger charge is 2.14. The summed E-state index contributed by atoms with van der Waals surface area (Å²) < 4.78 is 10.6. The van der Waals surface area contributed by atoms with Gasteiger partial charge in [-0.3, -0.25) is 0 Å². The van der Waals surface area contributed by atoms with Crippen LogP contribution in [0.15, 0.2) is 18.2 Å². The lowest BCUT2D eigenvalue weighted by molar-refractivity contribution is 0.352. The van der Waals surface area contributed by atoms with E-state index in [1.807, 2.05) is 6.07 Å². The highest BCUT2D eigenvalue weighted by atomic mass is 16.5. The molecule has 1 unspecified atom stereocenters. The van der Waals surface area contributed by atoms with Gasteiger partial charge in [0.2, 0.25) is 0 Å². The number of ether oxygens (including phenoxy) is 2. The first-order valence-electron chi connectivity index (χ1n) is 6.25. The number of benzene rings is 1. The Kier molecular flexibility index (Phi) is 4.26.